The van der Waals surface area contributed by atoms with Crippen LogP contribution in [0.15, 0.2) is 255 Å². The van der Waals surface area contributed by atoms with E-state index in [4.69, 9.17) is 0 Å². The second-order valence-corrected chi connectivity index (χ2v) is 19.2. The molecule has 12 aromatic carbocycles. The Morgan fingerprint density at radius 1 is 0.217 bits per heavy atom. The van der Waals surface area contributed by atoms with Crippen molar-refractivity contribution in [1.29, 1.82) is 0 Å². The Morgan fingerprint density at radius 3 is 0.986 bits per heavy atom. The first-order valence-corrected chi connectivity index (χ1v) is 24.1. The molecule has 0 bridgehead atoms. The fourth-order valence-corrected chi connectivity index (χ4v) is 11.3. The summed E-state index contributed by atoms with van der Waals surface area (Å²) in [5, 5.41) is 7.65. The van der Waals surface area contributed by atoms with Crippen LogP contribution in [0, 0.1) is 0 Å². The highest BCUT2D eigenvalue weighted by atomic mass is 14.4. The van der Waals surface area contributed by atoms with Crippen molar-refractivity contribution in [2.24, 2.45) is 0 Å². The SMILES string of the molecule is CC1(C)c2cc(-c3ccc(-c4ccc(-c5ccc(-c6cccc7ccccc67)cc5)cc4)cc3)ccc2-c2ccc(-c3ccc(-c4c5ccccc5c(-c5ccccc5)c5ccccc45)cc3)cc21. The second kappa shape index (κ2) is 16.3. The zero-order valence-electron chi connectivity index (χ0n) is 38.7. The van der Waals surface area contributed by atoms with Gasteiger partial charge in [-0.25, -0.2) is 0 Å². The summed E-state index contributed by atoms with van der Waals surface area (Å²) in [6.45, 7) is 4.77. The highest BCUT2D eigenvalue weighted by molar-refractivity contribution is 6.21. The van der Waals surface area contributed by atoms with Crippen molar-refractivity contribution >= 4 is 32.3 Å². The van der Waals surface area contributed by atoms with Crippen molar-refractivity contribution in [3.63, 3.8) is 0 Å². The Hall–Kier alpha value is -8.58. The molecule has 0 unspecified atom stereocenters. The molecule has 0 fully saturated rings. The summed E-state index contributed by atoms with van der Waals surface area (Å²) in [4.78, 5) is 0. The van der Waals surface area contributed by atoms with Gasteiger partial charge in [0, 0.05) is 5.41 Å². The largest absolute Gasteiger partial charge is 0.0622 e. The van der Waals surface area contributed by atoms with Crippen molar-refractivity contribution < 1.29 is 0 Å². The van der Waals surface area contributed by atoms with Gasteiger partial charge in [0.25, 0.3) is 0 Å². The van der Waals surface area contributed by atoms with E-state index >= 15 is 0 Å². The van der Waals surface area contributed by atoms with Gasteiger partial charge in [-0.05, 0) is 145 Å². The molecule has 13 rings (SSSR count). The molecule has 0 N–H and O–H groups in total. The minimum absolute atomic E-state index is 0.146. The van der Waals surface area contributed by atoms with E-state index in [-0.39, 0.29) is 5.41 Å². The lowest BCUT2D eigenvalue weighted by Gasteiger charge is -2.23. The smallest absolute Gasteiger partial charge is 0.0159 e. The molecule has 0 amide bonds. The van der Waals surface area contributed by atoms with Crippen LogP contribution in [0.25, 0.3) is 121 Å². The van der Waals surface area contributed by atoms with Gasteiger partial charge in [-0.3, -0.25) is 0 Å². The molecule has 0 aliphatic heterocycles. The van der Waals surface area contributed by atoms with E-state index in [0.717, 1.165) is 0 Å². The van der Waals surface area contributed by atoms with Gasteiger partial charge in [-0.1, -0.05) is 257 Å². The van der Waals surface area contributed by atoms with Crippen molar-refractivity contribution in [2.75, 3.05) is 0 Å². The predicted octanol–water partition coefficient (Wildman–Crippen LogP) is 19.1. The maximum atomic E-state index is 2.44. The van der Waals surface area contributed by atoms with Gasteiger partial charge in [0.15, 0.2) is 0 Å². The third-order valence-corrected chi connectivity index (χ3v) is 14.9. The Bertz CT molecular complexity index is 3850. The monoisotopic (exact) mass is 876 g/mol. The number of rotatable bonds is 7. The molecule has 0 nitrogen and oxygen atoms in total. The van der Waals surface area contributed by atoms with Crippen LogP contribution in [-0.4, -0.2) is 0 Å². The first-order chi connectivity index (χ1) is 34.0. The second-order valence-electron chi connectivity index (χ2n) is 19.2. The van der Waals surface area contributed by atoms with E-state index < -0.39 is 0 Å². The average Bonchev–Trinajstić information content (AvgIpc) is 3.64. The van der Waals surface area contributed by atoms with E-state index in [9.17, 15) is 0 Å². The first-order valence-electron chi connectivity index (χ1n) is 24.1. The standard InChI is InChI=1S/C69H48/c1-69(2)65-43-55(49-29-27-47(28-30-49)45-23-25-46(26-24-45)48-31-35-52(36-32-48)58-22-12-16-51-13-6-7-17-57(51)58)39-41-59(65)60-42-40-56(44-66(60)69)50-33-37-54(38-34-50)68-63-20-10-8-18-61(63)67(53-14-4-3-5-15-53)62-19-9-11-21-64(62)68/h3-44H,1-2H3. The van der Waals surface area contributed by atoms with Crippen LogP contribution in [0.1, 0.15) is 25.0 Å². The quantitative estimate of drug-likeness (QED) is 0.140. The number of fused-ring (bicyclic) bond motifs is 6. The normalized spacial score (nSPS) is 12.6. The topological polar surface area (TPSA) is 0 Å². The van der Waals surface area contributed by atoms with Gasteiger partial charge in [0.1, 0.15) is 0 Å². The molecule has 69 heavy (non-hydrogen) atoms. The maximum Gasteiger partial charge on any atom is 0.0159 e. The summed E-state index contributed by atoms with van der Waals surface area (Å²) in [6, 6.07) is 94.2. The van der Waals surface area contributed by atoms with E-state index in [1.165, 1.54) is 132 Å². The van der Waals surface area contributed by atoms with E-state index in [0.29, 0.717) is 0 Å². The summed E-state index contributed by atoms with van der Waals surface area (Å²) in [7, 11) is 0. The molecule has 0 spiro atoms. The van der Waals surface area contributed by atoms with Gasteiger partial charge in [0.2, 0.25) is 0 Å². The molecule has 0 saturated heterocycles. The molecule has 324 valence electrons. The van der Waals surface area contributed by atoms with E-state index in [2.05, 4.69) is 269 Å². The van der Waals surface area contributed by atoms with Gasteiger partial charge in [0.05, 0.1) is 0 Å². The molecule has 0 atom stereocenters. The summed E-state index contributed by atoms with van der Waals surface area (Å²) >= 11 is 0. The van der Waals surface area contributed by atoms with Crippen molar-refractivity contribution in [1.82, 2.24) is 0 Å². The number of hydrogen-bond donors (Lipinski definition) is 0. The summed E-state index contributed by atoms with van der Waals surface area (Å²) in [6.07, 6.45) is 0. The van der Waals surface area contributed by atoms with Crippen molar-refractivity contribution in [3.05, 3.63) is 266 Å². The predicted molar refractivity (Wildman–Crippen MR) is 295 cm³/mol. The van der Waals surface area contributed by atoms with Crippen LogP contribution in [-0.2, 0) is 5.41 Å². The van der Waals surface area contributed by atoms with Crippen LogP contribution in [0.5, 0.6) is 0 Å². The zero-order chi connectivity index (χ0) is 46.1. The fourth-order valence-electron chi connectivity index (χ4n) is 11.3. The number of benzene rings is 12. The molecular weight excluding hydrogens is 829 g/mol. The van der Waals surface area contributed by atoms with Gasteiger partial charge < -0.3 is 0 Å². The molecule has 0 aromatic heterocycles. The summed E-state index contributed by atoms with van der Waals surface area (Å²) in [5.74, 6) is 0. The highest BCUT2D eigenvalue weighted by Gasteiger charge is 2.36. The molecule has 0 heterocycles. The summed E-state index contributed by atoms with van der Waals surface area (Å²) < 4.78 is 0. The highest BCUT2D eigenvalue weighted by Crippen LogP contribution is 2.51. The maximum absolute atomic E-state index is 2.44. The first kappa shape index (κ1) is 40.7. The van der Waals surface area contributed by atoms with Gasteiger partial charge >= 0.3 is 0 Å². The Balaban J connectivity index is 0.747. The molecule has 0 radical (unpaired) electrons. The molecule has 0 heteroatoms. The average molecular weight is 877 g/mol. The van der Waals surface area contributed by atoms with Crippen LogP contribution in [0.2, 0.25) is 0 Å². The third-order valence-electron chi connectivity index (χ3n) is 14.9. The van der Waals surface area contributed by atoms with Crippen LogP contribution in [0.3, 0.4) is 0 Å². The minimum Gasteiger partial charge on any atom is -0.0622 e. The van der Waals surface area contributed by atoms with Crippen LogP contribution < -0.4 is 0 Å². The number of hydrogen-bond acceptors (Lipinski definition) is 0. The van der Waals surface area contributed by atoms with Gasteiger partial charge in [-0.2, -0.15) is 0 Å². The molecule has 0 saturated carbocycles. The van der Waals surface area contributed by atoms with Crippen molar-refractivity contribution in [3.8, 4) is 89.0 Å². The molecule has 12 aromatic rings. The zero-order valence-corrected chi connectivity index (χ0v) is 38.7. The van der Waals surface area contributed by atoms with Crippen LogP contribution >= 0.6 is 0 Å². The lowest BCUT2D eigenvalue weighted by Crippen LogP contribution is -2.15. The Labute approximate surface area is 404 Å². The van der Waals surface area contributed by atoms with E-state index in [1.54, 1.807) is 0 Å². The Morgan fingerprint density at radius 2 is 0.536 bits per heavy atom. The summed E-state index contributed by atoms with van der Waals surface area (Å²) in [5.41, 5.74) is 22.6. The lowest BCUT2D eigenvalue weighted by atomic mass is 9.80. The Kier molecular flexibility index (Phi) is 9.63. The molecule has 1 aliphatic rings. The minimum atomic E-state index is -0.146. The van der Waals surface area contributed by atoms with Crippen LogP contribution in [0.4, 0.5) is 0 Å². The van der Waals surface area contributed by atoms with Crippen molar-refractivity contribution in [2.45, 2.75) is 19.3 Å². The molecule has 1 aliphatic carbocycles. The van der Waals surface area contributed by atoms with E-state index in [1.807, 2.05) is 0 Å². The lowest BCUT2D eigenvalue weighted by molar-refractivity contribution is 0.661. The van der Waals surface area contributed by atoms with Gasteiger partial charge in [-0.15, -0.1) is 0 Å². The fraction of sp³-hybridized carbons (Fsp3) is 0.0435. The molecular formula is C69H48. The third kappa shape index (κ3) is 6.91.